The summed E-state index contributed by atoms with van der Waals surface area (Å²) in [6.45, 7) is 3.20. The SMILES string of the molecule is Fc1ccc(-c2cc(C3CCN(CCc4ccccc4)CC3)n(-c3ncccn3)n2)cc1. The molecule has 2 aromatic carbocycles. The first kappa shape index (κ1) is 20.5. The van der Waals surface area contributed by atoms with Crippen LogP contribution in [0.15, 0.2) is 79.1 Å². The second-order valence-electron chi connectivity index (χ2n) is 8.27. The topological polar surface area (TPSA) is 46.8 Å². The molecule has 0 atom stereocenters. The largest absolute Gasteiger partial charge is 0.303 e. The van der Waals surface area contributed by atoms with Crippen LogP contribution in [0.4, 0.5) is 4.39 Å². The van der Waals surface area contributed by atoms with Crippen molar-refractivity contribution in [1.82, 2.24) is 24.6 Å². The Balaban J connectivity index is 1.34. The number of hydrogen-bond acceptors (Lipinski definition) is 4. The van der Waals surface area contributed by atoms with E-state index < -0.39 is 0 Å². The van der Waals surface area contributed by atoms with Gasteiger partial charge in [-0.3, -0.25) is 0 Å². The van der Waals surface area contributed by atoms with Gasteiger partial charge in [-0.05, 0) is 74.3 Å². The molecule has 4 aromatic rings. The van der Waals surface area contributed by atoms with Crippen molar-refractivity contribution in [1.29, 1.82) is 0 Å². The standard InChI is InChI=1S/C26H26FN5/c27-23-9-7-21(8-10-23)24-19-25(32(30-24)26-28-14-4-15-29-26)22-12-17-31(18-13-22)16-11-20-5-2-1-3-6-20/h1-10,14-15,19,22H,11-13,16-18H2. The van der Waals surface area contributed by atoms with Crippen LogP contribution < -0.4 is 0 Å². The lowest BCUT2D eigenvalue weighted by Crippen LogP contribution is -2.35. The molecule has 0 unspecified atom stereocenters. The van der Waals surface area contributed by atoms with Crippen LogP contribution in [0.2, 0.25) is 0 Å². The monoisotopic (exact) mass is 427 g/mol. The van der Waals surface area contributed by atoms with E-state index in [1.807, 2.05) is 4.68 Å². The maximum atomic E-state index is 13.4. The summed E-state index contributed by atoms with van der Waals surface area (Å²) in [7, 11) is 0. The molecule has 2 aromatic heterocycles. The van der Waals surface area contributed by atoms with Gasteiger partial charge in [0.2, 0.25) is 0 Å². The highest BCUT2D eigenvalue weighted by molar-refractivity contribution is 5.60. The van der Waals surface area contributed by atoms with Gasteiger partial charge < -0.3 is 4.90 Å². The number of nitrogens with zero attached hydrogens (tertiary/aromatic N) is 5. The van der Waals surface area contributed by atoms with Crippen molar-refractivity contribution < 1.29 is 4.39 Å². The molecular weight excluding hydrogens is 401 g/mol. The predicted molar refractivity (Wildman–Crippen MR) is 123 cm³/mol. The van der Waals surface area contributed by atoms with Gasteiger partial charge in [0.1, 0.15) is 5.82 Å². The average Bonchev–Trinajstić information content (AvgIpc) is 3.30. The fourth-order valence-electron chi connectivity index (χ4n) is 4.39. The molecule has 0 saturated carbocycles. The van der Waals surface area contributed by atoms with E-state index >= 15 is 0 Å². The number of halogens is 1. The summed E-state index contributed by atoms with van der Waals surface area (Å²) < 4.78 is 15.3. The summed E-state index contributed by atoms with van der Waals surface area (Å²) in [5, 5.41) is 4.81. The van der Waals surface area contributed by atoms with Crippen LogP contribution in [0, 0.1) is 5.82 Å². The summed E-state index contributed by atoms with van der Waals surface area (Å²) in [6.07, 6.45) is 6.68. The molecular formula is C26H26FN5. The van der Waals surface area contributed by atoms with Gasteiger partial charge in [0.05, 0.1) is 11.4 Å². The lowest BCUT2D eigenvalue weighted by molar-refractivity contribution is 0.212. The molecule has 3 heterocycles. The number of aromatic nitrogens is 4. The third-order valence-corrected chi connectivity index (χ3v) is 6.18. The molecule has 5 rings (SSSR count). The molecule has 0 amide bonds. The van der Waals surface area contributed by atoms with Crippen molar-refractivity contribution in [3.63, 3.8) is 0 Å². The second-order valence-corrected chi connectivity index (χ2v) is 8.27. The first-order valence-electron chi connectivity index (χ1n) is 11.2. The Morgan fingerprint density at radius 3 is 2.31 bits per heavy atom. The molecule has 1 aliphatic heterocycles. The molecule has 0 aliphatic carbocycles. The molecule has 5 nitrogen and oxygen atoms in total. The summed E-state index contributed by atoms with van der Waals surface area (Å²) >= 11 is 0. The van der Waals surface area contributed by atoms with Crippen LogP contribution in [-0.4, -0.2) is 44.3 Å². The second kappa shape index (κ2) is 9.40. The summed E-state index contributed by atoms with van der Waals surface area (Å²) in [5.41, 5.74) is 4.22. The quantitative estimate of drug-likeness (QED) is 0.440. The van der Waals surface area contributed by atoms with E-state index in [2.05, 4.69) is 51.3 Å². The van der Waals surface area contributed by atoms with E-state index in [1.165, 1.54) is 17.7 Å². The molecule has 0 bridgehead atoms. The molecule has 1 saturated heterocycles. The average molecular weight is 428 g/mol. The van der Waals surface area contributed by atoms with Gasteiger partial charge in [-0.2, -0.15) is 5.10 Å². The first-order chi connectivity index (χ1) is 15.8. The first-order valence-corrected chi connectivity index (χ1v) is 11.2. The van der Waals surface area contributed by atoms with Crippen molar-refractivity contribution in [3.8, 4) is 17.2 Å². The van der Waals surface area contributed by atoms with Crippen molar-refractivity contribution in [3.05, 3.63) is 96.2 Å². The third kappa shape index (κ3) is 4.60. The van der Waals surface area contributed by atoms with E-state index in [-0.39, 0.29) is 5.82 Å². The van der Waals surface area contributed by atoms with E-state index in [4.69, 9.17) is 5.10 Å². The number of piperidine rings is 1. The number of benzene rings is 2. The van der Waals surface area contributed by atoms with E-state index in [0.717, 1.165) is 55.8 Å². The number of rotatable bonds is 6. The van der Waals surface area contributed by atoms with E-state index in [9.17, 15) is 4.39 Å². The van der Waals surface area contributed by atoms with E-state index in [1.54, 1.807) is 30.6 Å². The Labute approximate surface area is 187 Å². The van der Waals surface area contributed by atoms with E-state index in [0.29, 0.717) is 11.9 Å². The Kier molecular flexibility index (Phi) is 6.03. The summed E-state index contributed by atoms with van der Waals surface area (Å²) in [6, 6.07) is 21.1. The van der Waals surface area contributed by atoms with Crippen molar-refractivity contribution in [2.45, 2.75) is 25.2 Å². The van der Waals surface area contributed by atoms with Gasteiger partial charge in [-0.25, -0.2) is 19.0 Å². The normalized spacial score (nSPS) is 15.2. The highest BCUT2D eigenvalue weighted by Gasteiger charge is 2.25. The third-order valence-electron chi connectivity index (χ3n) is 6.18. The van der Waals surface area contributed by atoms with Crippen molar-refractivity contribution in [2.75, 3.05) is 19.6 Å². The van der Waals surface area contributed by atoms with Gasteiger partial charge in [0, 0.05) is 30.4 Å². The lowest BCUT2D eigenvalue weighted by atomic mass is 9.92. The Hall–Kier alpha value is -3.38. The Morgan fingerprint density at radius 1 is 0.875 bits per heavy atom. The fraction of sp³-hybridized carbons (Fsp3) is 0.269. The van der Waals surface area contributed by atoms with Gasteiger partial charge in [0.15, 0.2) is 0 Å². The van der Waals surface area contributed by atoms with Crippen molar-refractivity contribution >= 4 is 0 Å². The van der Waals surface area contributed by atoms with Crippen LogP contribution in [0.1, 0.15) is 30.0 Å². The maximum absolute atomic E-state index is 13.4. The zero-order chi connectivity index (χ0) is 21.8. The van der Waals surface area contributed by atoms with Crippen LogP contribution in [0.5, 0.6) is 0 Å². The number of likely N-dealkylation sites (tertiary alicyclic amines) is 1. The molecule has 0 spiro atoms. The van der Waals surface area contributed by atoms with Gasteiger partial charge in [-0.15, -0.1) is 0 Å². The molecule has 6 heteroatoms. The zero-order valence-corrected chi connectivity index (χ0v) is 17.9. The van der Waals surface area contributed by atoms with Crippen LogP contribution in [0.25, 0.3) is 17.2 Å². The minimum atomic E-state index is -0.248. The maximum Gasteiger partial charge on any atom is 0.250 e. The van der Waals surface area contributed by atoms with Crippen LogP contribution in [0.3, 0.4) is 0 Å². The van der Waals surface area contributed by atoms with Gasteiger partial charge in [0.25, 0.3) is 5.95 Å². The molecule has 1 aliphatic rings. The predicted octanol–water partition coefficient (Wildman–Crippen LogP) is 4.89. The number of hydrogen-bond donors (Lipinski definition) is 0. The van der Waals surface area contributed by atoms with Crippen molar-refractivity contribution in [2.24, 2.45) is 0 Å². The van der Waals surface area contributed by atoms with Crippen LogP contribution in [-0.2, 0) is 6.42 Å². The summed E-state index contributed by atoms with van der Waals surface area (Å²) in [4.78, 5) is 11.4. The highest BCUT2D eigenvalue weighted by Crippen LogP contribution is 2.32. The van der Waals surface area contributed by atoms with Crippen LogP contribution >= 0.6 is 0 Å². The smallest absolute Gasteiger partial charge is 0.250 e. The molecule has 0 radical (unpaired) electrons. The minimum Gasteiger partial charge on any atom is -0.303 e. The minimum absolute atomic E-state index is 0.248. The Bertz CT molecular complexity index is 1130. The molecule has 162 valence electrons. The van der Waals surface area contributed by atoms with Gasteiger partial charge >= 0.3 is 0 Å². The Morgan fingerprint density at radius 2 is 1.59 bits per heavy atom. The zero-order valence-electron chi connectivity index (χ0n) is 17.9. The van der Waals surface area contributed by atoms with Gasteiger partial charge in [-0.1, -0.05) is 30.3 Å². The fourth-order valence-corrected chi connectivity index (χ4v) is 4.39. The molecule has 32 heavy (non-hydrogen) atoms. The lowest BCUT2D eigenvalue weighted by Gasteiger charge is -2.32. The highest BCUT2D eigenvalue weighted by atomic mass is 19.1. The molecule has 1 fully saturated rings. The molecule has 0 N–H and O–H groups in total. The summed E-state index contributed by atoms with van der Waals surface area (Å²) in [5.74, 6) is 0.707.